The van der Waals surface area contributed by atoms with E-state index < -0.39 is 0 Å². The van der Waals surface area contributed by atoms with E-state index in [0.717, 1.165) is 23.5 Å². The molecular weight excluding hydrogens is 412 g/mol. The molecule has 2 aromatic carbocycles. The van der Waals surface area contributed by atoms with Gasteiger partial charge in [-0.2, -0.15) is 0 Å². The maximum absolute atomic E-state index is 12.8. The normalized spacial score (nSPS) is 18.2. The topological polar surface area (TPSA) is 17.1 Å². The molecule has 1 aliphatic carbocycles. The third-order valence-electron chi connectivity index (χ3n) is 7.97. The van der Waals surface area contributed by atoms with E-state index in [1.165, 1.54) is 101 Å². The first-order chi connectivity index (χ1) is 16.7. The van der Waals surface area contributed by atoms with Gasteiger partial charge in [0.1, 0.15) is 0 Å². The highest BCUT2D eigenvalue weighted by molar-refractivity contribution is 5.97. The van der Waals surface area contributed by atoms with Crippen LogP contribution in [0.5, 0.6) is 0 Å². The van der Waals surface area contributed by atoms with E-state index in [-0.39, 0.29) is 5.78 Å². The zero-order valence-electron chi connectivity index (χ0n) is 22.0. The summed E-state index contributed by atoms with van der Waals surface area (Å²) in [6, 6.07) is 17.3. The van der Waals surface area contributed by atoms with Crippen LogP contribution in [0.15, 0.2) is 48.5 Å². The summed E-state index contributed by atoms with van der Waals surface area (Å²) in [7, 11) is 0. The van der Waals surface area contributed by atoms with Crippen molar-refractivity contribution >= 4 is 5.78 Å². The second-order valence-corrected chi connectivity index (χ2v) is 10.8. The number of Topliss-reactive ketones (excluding diaryl/α,β-unsaturated/α-hetero) is 1. The van der Waals surface area contributed by atoms with E-state index in [1.807, 2.05) is 0 Å². The van der Waals surface area contributed by atoms with Crippen LogP contribution in [-0.2, 0) is 12.8 Å². The molecule has 1 aliphatic rings. The molecule has 1 saturated carbocycles. The van der Waals surface area contributed by atoms with Gasteiger partial charge in [0.2, 0.25) is 0 Å². The highest BCUT2D eigenvalue weighted by Crippen LogP contribution is 2.37. The van der Waals surface area contributed by atoms with Crippen LogP contribution in [0, 0.1) is 5.92 Å². The molecule has 0 unspecified atom stereocenters. The summed E-state index contributed by atoms with van der Waals surface area (Å²) in [6.07, 6.45) is 20.7. The maximum Gasteiger partial charge on any atom is 0.167 e. The van der Waals surface area contributed by atoms with Crippen molar-refractivity contribution in [1.29, 1.82) is 0 Å². The third-order valence-corrected chi connectivity index (χ3v) is 7.97. The number of carbonyl (C=O) groups excluding carboxylic acids is 1. The smallest absolute Gasteiger partial charge is 0.167 e. The van der Waals surface area contributed by atoms with Gasteiger partial charge in [-0.15, -0.1) is 0 Å². The molecule has 2 aromatic rings. The zero-order valence-corrected chi connectivity index (χ0v) is 22.0. The molecule has 0 spiro atoms. The SMILES string of the molecule is CCCCCCC[C@H]1CC[C@H](c2ccc(C(=O)Cc3ccc(CCCCCC)cc3)cc2)CC1. The highest BCUT2D eigenvalue weighted by atomic mass is 16.1. The summed E-state index contributed by atoms with van der Waals surface area (Å²) in [5, 5.41) is 0. The van der Waals surface area contributed by atoms with Crippen LogP contribution < -0.4 is 0 Å². The van der Waals surface area contributed by atoms with Crippen LogP contribution in [-0.4, -0.2) is 5.78 Å². The van der Waals surface area contributed by atoms with E-state index in [4.69, 9.17) is 0 Å². The Morgan fingerprint density at radius 3 is 1.91 bits per heavy atom. The number of unbranched alkanes of at least 4 members (excludes halogenated alkanes) is 7. The summed E-state index contributed by atoms with van der Waals surface area (Å²) >= 11 is 0. The molecule has 0 amide bonds. The van der Waals surface area contributed by atoms with Gasteiger partial charge in [0, 0.05) is 12.0 Å². The number of hydrogen-bond acceptors (Lipinski definition) is 1. The summed E-state index contributed by atoms with van der Waals surface area (Å²) < 4.78 is 0. The van der Waals surface area contributed by atoms with Crippen LogP contribution in [0.3, 0.4) is 0 Å². The van der Waals surface area contributed by atoms with Gasteiger partial charge in [-0.3, -0.25) is 4.79 Å². The van der Waals surface area contributed by atoms with Crippen molar-refractivity contribution in [2.24, 2.45) is 5.92 Å². The highest BCUT2D eigenvalue weighted by Gasteiger charge is 2.22. The predicted octanol–water partition coefficient (Wildman–Crippen LogP) is 9.87. The average molecular weight is 461 g/mol. The lowest BCUT2D eigenvalue weighted by atomic mass is 9.77. The molecule has 0 aliphatic heterocycles. The Morgan fingerprint density at radius 2 is 1.26 bits per heavy atom. The van der Waals surface area contributed by atoms with E-state index in [9.17, 15) is 4.79 Å². The van der Waals surface area contributed by atoms with Crippen molar-refractivity contribution in [1.82, 2.24) is 0 Å². The fraction of sp³-hybridized carbons (Fsp3) is 0.606. The molecule has 0 aromatic heterocycles. The number of carbonyl (C=O) groups is 1. The lowest BCUT2D eigenvalue weighted by Gasteiger charge is -2.29. The molecule has 1 nitrogen and oxygen atoms in total. The lowest BCUT2D eigenvalue weighted by molar-refractivity contribution is 0.0993. The fourth-order valence-electron chi connectivity index (χ4n) is 5.63. The van der Waals surface area contributed by atoms with E-state index in [0.29, 0.717) is 12.3 Å². The van der Waals surface area contributed by atoms with Gasteiger partial charge < -0.3 is 0 Å². The second kappa shape index (κ2) is 15.2. The first-order valence-electron chi connectivity index (χ1n) is 14.4. The molecule has 3 rings (SSSR count). The molecule has 0 N–H and O–H groups in total. The lowest BCUT2D eigenvalue weighted by Crippen LogP contribution is -2.13. The maximum atomic E-state index is 12.8. The molecule has 0 radical (unpaired) electrons. The average Bonchev–Trinajstić information content (AvgIpc) is 2.88. The number of hydrogen-bond donors (Lipinski definition) is 0. The van der Waals surface area contributed by atoms with Crippen molar-refractivity contribution in [2.75, 3.05) is 0 Å². The minimum Gasteiger partial charge on any atom is -0.294 e. The first-order valence-corrected chi connectivity index (χ1v) is 14.4. The quantitative estimate of drug-likeness (QED) is 0.191. The van der Waals surface area contributed by atoms with Gasteiger partial charge >= 0.3 is 0 Å². The van der Waals surface area contributed by atoms with Crippen LogP contribution in [0.25, 0.3) is 0 Å². The Labute approximate surface area is 209 Å². The summed E-state index contributed by atoms with van der Waals surface area (Å²) in [6.45, 7) is 4.54. The van der Waals surface area contributed by atoms with Gasteiger partial charge in [-0.1, -0.05) is 120 Å². The minimum absolute atomic E-state index is 0.231. The van der Waals surface area contributed by atoms with Crippen LogP contribution >= 0.6 is 0 Å². The van der Waals surface area contributed by atoms with Crippen molar-refractivity contribution in [3.8, 4) is 0 Å². The van der Waals surface area contributed by atoms with E-state index >= 15 is 0 Å². The Morgan fingerprint density at radius 1 is 0.676 bits per heavy atom. The molecular formula is C33H48O. The molecule has 1 fully saturated rings. The standard InChI is InChI=1S/C33H48O/c1-3-5-7-9-11-13-28-18-20-30(21-19-28)31-22-24-32(25-23-31)33(34)26-29-16-14-27(15-17-29)12-10-8-6-4-2/h14-17,22-25,28,30H,3-13,18-21,26H2,1-2H3/t28-,30-. The molecule has 34 heavy (non-hydrogen) atoms. The van der Waals surface area contributed by atoms with Crippen molar-refractivity contribution in [2.45, 2.75) is 122 Å². The fourth-order valence-corrected chi connectivity index (χ4v) is 5.63. The molecule has 1 heteroatoms. The van der Waals surface area contributed by atoms with Gasteiger partial charge in [0.15, 0.2) is 5.78 Å². The van der Waals surface area contributed by atoms with Gasteiger partial charge in [-0.25, -0.2) is 0 Å². The predicted molar refractivity (Wildman–Crippen MR) is 147 cm³/mol. The van der Waals surface area contributed by atoms with Crippen molar-refractivity contribution in [3.63, 3.8) is 0 Å². The Bertz CT molecular complexity index is 809. The Balaban J connectivity index is 1.40. The summed E-state index contributed by atoms with van der Waals surface area (Å²) in [5.74, 6) is 1.86. The number of aryl methyl sites for hydroxylation is 1. The van der Waals surface area contributed by atoms with Gasteiger partial charge in [0.25, 0.3) is 0 Å². The zero-order chi connectivity index (χ0) is 24.0. The first kappa shape index (κ1) is 26.7. The molecule has 0 heterocycles. The monoisotopic (exact) mass is 460 g/mol. The van der Waals surface area contributed by atoms with Gasteiger partial charge in [-0.05, 0) is 67.1 Å². The minimum atomic E-state index is 0.231. The molecule has 0 saturated heterocycles. The van der Waals surface area contributed by atoms with Crippen LogP contribution in [0.4, 0.5) is 0 Å². The second-order valence-electron chi connectivity index (χ2n) is 10.8. The van der Waals surface area contributed by atoms with Crippen LogP contribution in [0.2, 0.25) is 0 Å². The number of ketones is 1. The summed E-state index contributed by atoms with van der Waals surface area (Å²) in [4.78, 5) is 12.8. The molecule has 186 valence electrons. The van der Waals surface area contributed by atoms with Crippen LogP contribution in [0.1, 0.15) is 137 Å². The van der Waals surface area contributed by atoms with E-state index in [2.05, 4.69) is 62.4 Å². The molecule has 0 atom stereocenters. The van der Waals surface area contributed by atoms with Crippen molar-refractivity contribution in [3.05, 3.63) is 70.8 Å². The third kappa shape index (κ3) is 9.05. The molecule has 0 bridgehead atoms. The van der Waals surface area contributed by atoms with Crippen molar-refractivity contribution < 1.29 is 4.79 Å². The number of rotatable bonds is 15. The van der Waals surface area contributed by atoms with E-state index in [1.54, 1.807) is 0 Å². The number of benzene rings is 2. The van der Waals surface area contributed by atoms with Gasteiger partial charge in [0.05, 0.1) is 0 Å². The summed E-state index contributed by atoms with van der Waals surface area (Å²) in [5.41, 5.74) is 4.81. The largest absolute Gasteiger partial charge is 0.294 e. The Kier molecular flexibility index (Phi) is 11.9. The Hall–Kier alpha value is -1.89.